The molecule has 124 valence electrons. The van der Waals surface area contributed by atoms with E-state index in [1.807, 2.05) is 0 Å². The van der Waals surface area contributed by atoms with Crippen molar-refractivity contribution >= 4 is 0 Å². The van der Waals surface area contributed by atoms with Crippen molar-refractivity contribution < 1.29 is 9.47 Å². The number of benzene rings is 1. The van der Waals surface area contributed by atoms with E-state index < -0.39 is 0 Å². The van der Waals surface area contributed by atoms with Crippen molar-refractivity contribution in [1.82, 2.24) is 0 Å². The predicted octanol–water partition coefficient (Wildman–Crippen LogP) is 5.50. The van der Waals surface area contributed by atoms with Gasteiger partial charge in [-0.15, -0.1) is 0 Å². The first kappa shape index (κ1) is 17.5. The Morgan fingerprint density at radius 2 is 1.95 bits per heavy atom. The van der Waals surface area contributed by atoms with Crippen LogP contribution >= 0.6 is 0 Å². The molecule has 0 spiro atoms. The lowest BCUT2D eigenvalue weighted by Crippen LogP contribution is -2.38. The Bertz CT molecular complexity index is 397. The smallest absolute Gasteiger partial charge is 0.158 e. The van der Waals surface area contributed by atoms with E-state index in [0.717, 1.165) is 25.9 Å². The number of hydrogen-bond acceptors (Lipinski definition) is 2. The predicted molar refractivity (Wildman–Crippen MR) is 92.0 cm³/mol. The van der Waals surface area contributed by atoms with E-state index >= 15 is 0 Å². The fourth-order valence-corrected chi connectivity index (χ4v) is 3.26. The molecule has 0 aliphatic carbocycles. The first-order chi connectivity index (χ1) is 10.7. The summed E-state index contributed by atoms with van der Waals surface area (Å²) in [6.07, 6.45) is 10.7. The summed E-state index contributed by atoms with van der Waals surface area (Å²) >= 11 is 0. The summed E-state index contributed by atoms with van der Waals surface area (Å²) in [5, 5.41) is 0. The average molecular weight is 304 g/mol. The molecule has 1 aliphatic heterocycles. The number of ether oxygens (including phenoxy) is 2. The summed E-state index contributed by atoms with van der Waals surface area (Å²) in [6.45, 7) is 5.38. The Morgan fingerprint density at radius 3 is 2.64 bits per heavy atom. The SMILES string of the molecule is CCCCCCC(C)(Cc1ccccc1)OC1CCCCO1. The highest BCUT2D eigenvalue weighted by molar-refractivity contribution is 5.16. The minimum Gasteiger partial charge on any atom is -0.353 e. The zero-order chi connectivity index (χ0) is 15.7. The molecular weight excluding hydrogens is 272 g/mol. The largest absolute Gasteiger partial charge is 0.353 e. The van der Waals surface area contributed by atoms with Crippen LogP contribution in [0.2, 0.25) is 0 Å². The molecule has 1 heterocycles. The molecule has 1 aliphatic rings. The molecule has 0 aromatic heterocycles. The van der Waals surface area contributed by atoms with Crippen LogP contribution in [-0.4, -0.2) is 18.5 Å². The van der Waals surface area contributed by atoms with Gasteiger partial charge in [-0.25, -0.2) is 0 Å². The van der Waals surface area contributed by atoms with Crippen molar-refractivity contribution in [2.24, 2.45) is 0 Å². The molecule has 0 amide bonds. The number of rotatable bonds is 9. The van der Waals surface area contributed by atoms with Crippen LogP contribution in [0.4, 0.5) is 0 Å². The van der Waals surface area contributed by atoms with Gasteiger partial charge < -0.3 is 9.47 Å². The molecular formula is C20H32O2. The van der Waals surface area contributed by atoms with Gasteiger partial charge in [0.25, 0.3) is 0 Å². The van der Waals surface area contributed by atoms with E-state index in [0.29, 0.717) is 0 Å². The first-order valence-corrected chi connectivity index (χ1v) is 9.05. The molecule has 2 atom stereocenters. The minimum absolute atomic E-state index is 0.00589. The second-order valence-corrected chi connectivity index (χ2v) is 6.84. The van der Waals surface area contributed by atoms with Crippen molar-refractivity contribution in [3.05, 3.63) is 35.9 Å². The van der Waals surface area contributed by atoms with Crippen molar-refractivity contribution in [3.8, 4) is 0 Å². The third kappa shape index (κ3) is 6.10. The minimum atomic E-state index is -0.114. The van der Waals surface area contributed by atoms with Crippen molar-refractivity contribution in [1.29, 1.82) is 0 Å². The topological polar surface area (TPSA) is 18.5 Å². The zero-order valence-electron chi connectivity index (χ0n) is 14.4. The van der Waals surface area contributed by atoms with E-state index in [1.54, 1.807) is 0 Å². The molecule has 1 aromatic carbocycles. The van der Waals surface area contributed by atoms with Crippen molar-refractivity contribution in [2.45, 2.75) is 83.5 Å². The molecule has 1 fully saturated rings. The molecule has 0 bridgehead atoms. The van der Waals surface area contributed by atoms with Gasteiger partial charge in [-0.3, -0.25) is 0 Å². The molecule has 1 saturated heterocycles. The molecule has 0 radical (unpaired) electrons. The van der Waals surface area contributed by atoms with Gasteiger partial charge in [-0.1, -0.05) is 62.9 Å². The Morgan fingerprint density at radius 1 is 1.14 bits per heavy atom. The molecule has 0 N–H and O–H groups in total. The summed E-state index contributed by atoms with van der Waals surface area (Å²) in [7, 11) is 0. The van der Waals surface area contributed by atoms with Crippen LogP contribution in [0.1, 0.15) is 70.8 Å². The first-order valence-electron chi connectivity index (χ1n) is 9.05. The van der Waals surface area contributed by atoms with Crippen LogP contribution in [0, 0.1) is 0 Å². The number of hydrogen-bond donors (Lipinski definition) is 0. The van der Waals surface area contributed by atoms with E-state index in [2.05, 4.69) is 44.2 Å². The highest BCUT2D eigenvalue weighted by atomic mass is 16.7. The summed E-state index contributed by atoms with van der Waals surface area (Å²) in [5.74, 6) is 0. The zero-order valence-corrected chi connectivity index (χ0v) is 14.4. The van der Waals surface area contributed by atoms with Crippen LogP contribution in [0.3, 0.4) is 0 Å². The van der Waals surface area contributed by atoms with E-state index in [-0.39, 0.29) is 11.9 Å². The standard InChI is InChI=1S/C20H32O2/c1-3-4-5-10-15-20(2,17-18-12-7-6-8-13-18)22-19-14-9-11-16-21-19/h6-8,12-13,19H,3-5,9-11,14-17H2,1-2H3. The second-order valence-electron chi connectivity index (χ2n) is 6.84. The van der Waals surface area contributed by atoms with Gasteiger partial charge >= 0.3 is 0 Å². The quantitative estimate of drug-likeness (QED) is 0.561. The third-order valence-electron chi connectivity index (χ3n) is 4.53. The molecule has 2 unspecified atom stereocenters. The van der Waals surface area contributed by atoms with Crippen LogP contribution in [0.5, 0.6) is 0 Å². The van der Waals surface area contributed by atoms with Crippen LogP contribution in [-0.2, 0) is 15.9 Å². The maximum absolute atomic E-state index is 6.44. The van der Waals surface area contributed by atoms with Gasteiger partial charge in [-0.05, 0) is 38.2 Å². The van der Waals surface area contributed by atoms with Crippen LogP contribution in [0.15, 0.2) is 30.3 Å². The fourth-order valence-electron chi connectivity index (χ4n) is 3.26. The van der Waals surface area contributed by atoms with Gasteiger partial charge in [0, 0.05) is 13.0 Å². The lowest BCUT2D eigenvalue weighted by Gasteiger charge is -2.36. The molecule has 0 saturated carbocycles. The lowest BCUT2D eigenvalue weighted by atomic mass is 9.90. The molecule has 2 nitrogen and oxygen atoms in total. The van der Waals surface area contributed by atoms with Gasteiger partial charge in [-0.2, -0.15) is 0 Å². The second kappa shape index (κ2) is 9.32. The van der Waals surface area contributed by atoms with Crippen LogP contribution < -0.4 is 0 Å². The molecule has 1 aromatic rings. The molecule has 22 heavy (non-hydrogen) atoms. The highest BCUT2D eigenvalue weighted by Crippen LogP contribution is 2.29. The summed E-state index contributed by atoms with van der Waals surface area (Å²) in [5.41, 5.74) is 1.24. The highest BCUT2D eigenvalue weighted by Gasteiger charge is 2.30. The maximum Gasteiger partial charge on any atom is 0.158 e. The van der Waals surface area contributed by atoms with E-state index in [1.165, 1.54) is 44.1 Å². The lowest BCUT2D eigenvalue weighted by molar-refractivity contribution is -0.222. The fraction of sp³-hybridized carbons (Fsp3) is 0.700. The van der Waals surface area contributed by atoms with Gasteiger partial charge in [0.15, 0.2) is 6.29 Å². The average Bonchev–Trinajstić information content (AvgIpc) is 2.53. The van der Waals surface area contributed by atoms with Gasteiger partial charge in [0.1, 0.15) is 0 Å². The molecule has 2 heteroatoms. The van der Waals surface area contributed by atoms with Gasteiger partial charge in [0.05, 0.1) is 5.60 Å². The van der Waals surface area contributed by atoms with E-state index in [4.69, 9.17) is 9.47 Å². The van der Waals surface area contributed by atoms with Crippen molar-refractivity contribution in [2.75, 3.05) is 6.61 Å². The Hall–Kier alpha value is -0.860. The third-order valence-corrected chi connectivity index (χ3v) is 4.53. The van der Waals surface area contributed by atoms with E-state index in [9.17, 15) is 0 Å². The Labute approximate surface area is 136 Å². The normalized spacial score (nSPS) is 21.5. The van der Waals surface area contributed by atoms with Crippen molar-refractivity contribution in [3.63, 3.8) is 0 Å². The monoisotopic (exact) mass is 304 g/mol. The summed E-state index contributed by atoms with van der Waals surface area (Å²) in [4.78, 5) is 0. The van der Waals surface area contributed by atoms with Gasteiger partial charge in [0.2, 0.25) is 0 Å². The number of unbranched alkanes of at least 4 members (excludes halogenated alkanes) is 3. The molecule has 2 rings (SSSR count). The Kier molecular flexibility index (Phi) is 7.41. The van der Waals surface area contributed by atoms with Crippen LogP contribution in [0.25, 0.3) is 0 Å². The Balaban J connectivity index is 1.94. The summed E-state index contributed by atoms with van der Waals surface area (Å²) < 4.78 is 12.3. The summed E-state index contributed by atoms with van der Waals surface area (Å²) in [6, 6.07) is 10.7. The maximum atomic E-state index is 6.44.